The summed E-state index contributed by atoms with van der Waals surface area (Å²) in [6.45, 7) is 4.44. The van der Waals surface area contributed by atoms with Gasteiger partial charge >= 0.3 is 0 Å². The van der Waals surface area contributed by atoms with Crippen LogP contribution >= 0.6 is 0 Å². The summed E-state index contributed by atoms with van der Waals surface area (Å²) < 4.78 is 11.0. The van der Waals surface area contributed by atoms with Crippen molar-refractivity contribution in [3.05, 3.63) is 67.0 Å². The lowest BCUT2D eigenvalue weighted by Gasteiger charge is -2.10. The molecule has 0 bridgehead atoms. The molecule has 6 aromatic rings. The zero-order chi connectivity index (χ0) is 24.9. The van der Waals surface area contributed by atoms with Crippen molar-refractivity contribution >= 4 is 27.8 Å². The van der Waals surface area contributed by atoms with E-state index in [0.717, 1.165) is 61.6 Å². The third-order valence-corrected chi connectivity index (χ3v) is 6.32. The summed E-state index contributed by atoms with van der Waals surface area (Å²) in [5.74, 6) is 2.14. The van der Waals surface area contributed by atoms with Crippen LogP contribution in [0.25, 0.3) is 56.0 Å². The Balaban J connectivity index is 1.31. The van der Waals surface area contributed by atoms with Gasteiger partial charge < -0.3 is 19.8 Å². The molecule has 3 N–H and O–H groups in total. The van der Waals surface area contributed by atoms with E-state index in [1.54, 1.807) is 0 Å². The zero-order valence-electron chi connectivity index (χ0n) is 20.2. The first-order chi connectivity index (χ1) is 18.1. The number of nitrogens with one attached hydrogen (secondary N) is 3. The summed E-state index contributed by atoms with van der Waals surface area (Å²) >= 11 is 0. The van der Waals surface area contributed by atoms with Crippen molar-refractivity contribution in [3.63, 3.8) is 0 Å². The molecule has 0 saturated heterocycles. The Morgan fingerprint density at radius 3 is 2.70 bits per heavy atom. The average Bonchev–Trinajstić information content (AvgIpc) is 3.65. The number of imidazole rings is 1. The number of benzene rings is 2. The summed E-state index contributed by atoms with van der Waals surface area (Å²) in [6, 6.07) is 18.3. The van der Waals surface area contributed by atoms with Gasteiger partial charge in [0.1, 0.15) is 5.52 Å². The third-order valence-electron chi connectivity index (χ3n) is 6.32. The molecule has 0 unspecified atom stereocenters. The molecule has 9 heteroatoms. The Hall–Kier alpha value is -4.92. The van der Waals surface area contributed by atoms with Crippen LogP contribution in [-0.4, -0.2) is 43.0 Å². The summed E-state index contributed by atoms with van der Waals surface area (Å²) in [6.07, 6.45) is 3.63. The van der Waals surface area contributed by atoms with Crippen molar-refractivity contribution in [3.8, 4) is 45.4 Å². The fraction of sp³-hybridized carbons (Fsp3) is 0.143. The van der Waals surface area contributed by atoms with Gasteiger partial charge in [0.15, 0.2) is 23.0 Å². The Morgan fingerprint density at radius 1 is 0.865 bits per heavy atom. The molecular formula is C28H23N7O2. The molecule has 0 spiro atoms. The number of anilines is 1. The molecule has 0 aliphatic carbocycles. The molecule has 7 rings (SSSR count). The maximum atomic E-state index is 5.58. The van der Waals surface area contributed by atoms with E-state index in [2.05, 4.69) is 51.5 Å². The summed E-state index contributed by atoms with van der Waals surface area (Å²) in [5, 5.41) is 11.0. The number of H-pyrrole nitrogens is 2. The van der Waals surface area contributed by atoms with E-state index in [9.17, 15) is 0 Å². The minimum Gasteiger partial charge on any atom is -0.454 e. The highest BCUT2D eigenvalue weighted by Crippen LogP contribution is 2.38. The van der Waals surface area contributed by atoms with E-state index < -0.39 is 0 Å². The molecule has 182 valence electrons. The lowest BCUT2D eigenvalue weighted by atomic mass is 10.0. The molecule has 0 atom stereocenters. The van der Waals surface area contributed by atoms with Crippen LogP contribution in [0.3, 0.4) is 0 Å². The van der Waals surface area contributed by atoms with Crippen molar-refractivity contribution in [2.45, 2.75) is 19.9 Å². The van der Waals surface area contributed by atoms with Gasteiger partial charge in [-0.15, -0.1) is 0 Å². The second-order valence-electron chi connectivity index (χ2n) is 9.28. The van der Waals surface area contributed by atoms with Gasteiger partial charge in [0.05, 0.1) is 27.9 Å². The van der Waals surface area contributed by atoms with Crippen LogP contribution in [0.15, 0.2) is 67.0 Å². The van der Waals surface area contributed by atoms with Gasteiger partial charge in [0.2, 0.25) is 6.79 Å². The van der Waals surface area contributed by atoms with Crippen LogP contribution in [0.1, 0.15) is 13.8 Å². The number of hydrogen-bond donors (Lipinski definition) is 3. The van der Waals surface area contributed by atoms with Gasteiger partial charge in [-0.2, -0.15) is 5.10 Å². The van der Waals surface area contributed by atoms with E-state index in [0.29, 0.717) is 17.6 Å². The molecule has 1 aliphatic heterocycles. The number of nitrogens with zero attached hydrogens (tertiary/aromatic N) is 4. The van der Waals surface area contributed by atoms with Gasteiger partial charge in [-0.05, 0) is 55.8 Å². The summed E-state index contributed by atoms with van der Waals surface area (Å²) in [5.41, 5.74) is 8.68. The molecule has 0 radical (unpaired) electrons. The predicted octanol–water partition coefficient (Wildman–Crippen LogP) is 5.78. The van der Waals surface area contributed by atoms with E-state index in [1.807, 2.05) is 54.9 Å². The Kier molecular flexibility index (Phi) is 4.81. The Morgan fingerprint density at radius 2 is 1.78 bits per heavy atom. The fourth-order valence-corrected chi connectivity index (χ4v) is 4.66. The Labute approximate surface area is 211 Å². The monoisotopic (exact) mass is 489 g/mol. The third kappa shape index (κ3) is 3.72. The summed E-state index contributed by atoms with van der Waals surface area (Å²) in [4.78, 5) is 17.7. The van der Waals surface area contributed by atoms with E-state index in [-0.39, 0.29) is 6.79 Å². The molecule has 1 aliphatic rings. The van der Waals surface area contributed by atoms with E-state index in [4.69, 9.17) is 19.4 Å². The number of aromatic amines is 2. The second-order valence-corrected chi connectivity index (χ2v) is 9.28. The molecule has 5 heterocycles. The standard InChI is InChI=1S/C28H23N7O2/c1-15(2)30-18-10-17(12-29-13-18)20-7-8-22-26(31-20)27(35-34-22)28-32-21-5-3-4-19(25(21)33-28)16-6-9-23-24(11-16)37-14-36-23/h3-13,15,30H,14H2,1-2H3,(H,32,33)(H,34,35). The van der Waals surface area contributed by atoms with Crippen molar-refractivity contribution in [1.29, 1.82) is 0 Å². The first kappa shape index (κ1) is 21.4. The number of rotatable bonds is 5. The normalized spacial score (nSPS) is 12.6. The number of para-hydroxylation sites is 1. The highest BCUT2D eigenvalue weighted by atomic mass is 16.7. The first-order valence-electron chi connectivity index (χ1n) is 12.1. The van der Waals surface area contributed by atoms with Gasteiger partial charge in [-0.1, -0.05) is 18.2 Å². The molecule has 0 saturated carbocycles. The van der Waals surface area contributed by atoms with Crippen LogP contribution in [0.4, 0.5) is 5.69 Å². The molecular weight excluding hydrogens is 466 g/mol. The second kappa shape index (κ2) is 8.34. The first-order valence-corrected chi connectivity index (χ1v) is 12.1. The van der Waals surface area contributed by atoms with Gasteiger partial charge in [0.25, 0.3) is 0 Å². The number of pyridine rings is 2. The van der Waals surface area contributed by atoms with Crippen LogP contribution in [0.5, 0.6) is 11.5 Å². The molecule has 0 amide bonds. The van der Waals surface area contributed by atoms with Gasteiger partial charge in [0, 0.05) is 29.6 Å². The van der Waals surface area contributed by atoms with Crippen molar-refractivity contribution in [1.82, 2.24) is 30.1 Å². The van der Waals surface area contributed by atoms with Crippen molar-refractivity contribution in [2.75, 3.05) is 12.1 Å². The zero-order valence-corrected chi connectivity index (χ0v) is 20.2. The number of ether oxygens (including phenoxy) is 2. The summed E-state index contributed by atoms with van der Waals surface area (Å²) in [7, 11) is 0. The van der Waals surface area contributed by atoms with E-state index >= 15 is 0 Å². The minimum absolute atomic E-state index is 0.241. The van der Waals surface area contributed by atoms with Crippen LogP contribution < -0.4 is 14.8 Å². The Bertz CT molecular complexity index is 1790. The fourth-order valence-electron chi connectivity index (χ4n) is 4.66. The van der Waals surface area contributed by atoms with Crippen molar-refractivity contribution in [2.24, 2.45) is 0 Å². The quantitative estimate of drug-likeness (QED) is 0.281. The maximum Gasteiger partial charge on any atom is 0.231 e. The van der Waals surface area contributed by atoms with Crippen LogP contribution in [0, 0.1) is 0 Å². The molecule has 2 aromatic carbocycles. The number of aromatic nitrogens is 6. The molecule has 37 heavy (non-hydrogen) atoms. The molecule has 4 aromatic heterocycles. The predicted molar refractivity (Wildman–Crippen MR) is 143 cm³/mol. The van der Waals surface area contributed by atoms with Crippen LogP contribution in [0.2, 0.25) is 0 Å². The molecule has 0 fully saturated rings. The van der Waals surface area contributed by atoms with Gasteiger partial charge in [-0.25, -0.2) is 9.97 Å². The number of fused-ring (bicyclic) bond motifs is 3. The SMILES string of the molecule is CC(C)Nc1cncc(-c2ccc3[nH]nc(-c4nc5c(-c6ccc7c(c6)OCO7)cccc5[nH]4)c3n2)c1. The highest BCUT2D eigenvalue weighted by Gasteiger charge is 2.19. The highest BCUT2D eigenvalue weighted by molar-refractivity contribution is 5.96. The van der Waals surface area contributed by atoms with Crippen molar-refractivity contribution < 1.29 is 9.47 Å². The van der Waals surface area contributed by atoms with E-state index in [1.165, 1.54) is 0 Å². The van der Waals surface area contributed by atoms with Crippen LogP contribution in [-0.2, 0) is 0 Å². The largest absolute Gasteiger partial charge is 0.454 e. The lowest BCUT2D eigenvalue weighted by Crippen LogP contribution is -2.09. The average molecular weight is 490 g/mol. The minimum atomic E-state index is 0.241. The number of hydrogen-bond acceptors (Lipinski definition) is 7. The smallest absolute Gasteiger partial charge is 0.231 e. The van der Waals surface area contributed by atoms with Gasteiger partial charge in [-0.3, -0.25) is 10.1 Å². The molecule has 9 nitrogen and oxygen atoms in total. The topological polar surface area (TPSA) is 114 Å². The lowest BCUT2D eigenvalue weighted by molar-refractivity contribution is 0.174. The maximum absolute atomic E-state index is 5.58.